The van der Waals surface area contributed by atoms with Crippen LogP contribution >= 0.6 is 0 Å². The highest BCUT2D eigenvalue weighted by atomic mass is 32.2. The van der Waals surface area contributed by atoms with Crippen LogP contribution in [0.15, 0.2) is 53.4 Å². The van der Waals surface area contributed by atoms with Crippen molar-refractivity contribution in [2.75, 3.05) is 4.31 Å². The number of urea groups is 1. The Labute approximate surface area is 124 Å². The fraction of sp³-hybridized carbons (Fsp3) is 0.133. The third kappa shape index (κ3) is 3.05. The quantitative estimate of drug-likeness (QED) is 0.946. The van der Waals surface area contributed by atoms with Crippen molar-refractivity contribution in [3.05, 3.63) is 59.7 Å². The SMILES string of the molecule is Cc1ccc(N(C(N)=O)S(=O)(=O)c2ccc(C)cc2)cc1. The summed E-state index contributed by atoms with van der Waals surface area (Å²) < 4.78 is 25.8. The summed E-state index contributed by atoms with van der Waals surface area (Å²) >= 11 is 0. The second kappa shape index (κ2) is 5.57. The van der Waals surface area contributed by atoms with Gasteiger partial charge in [-0.3, -0.25) is 0 Å². The van der Waals surface area contributed by atoms with Crippen LogP contribution < -0.4 is 10.0 Å². The van der Waals surface area contributed by atoms with E-state index in [1.807, 2.05) is 13.8 Å². The third-order valence-corrected chi connectivity index (χ3v) is 4.77. The minimum Gasteiger partial charge on any atom is -0.350 e. The van der Waals surface area contributed by atoms with Crippen molar-refractivity contribution < 1.29 is 13.2 Å². The number of carbonyl (C=O) groups excluding carboxylic acids is 1. The van der Waals surface area contributed by atoms with Gasteiger partial charge in [0.1, 0.15) is 0 Å². The van der Waals surface area contributed by atoms with E-state index in [1.165, 1.54) is 12.1 Å². The molecule has 2 amide bonds. The number of nitrogens with zero attached hydrogens (tertiary/aromatic N) is 1. The monoisotopic (exact) mass is 304 g/mol. The number of rotatable bonds is 3. The van der Waals surface area contributed by atoms with Crippen LogP contribution in [0.1, 0.15) is 11.1 Å². The molecule has 0 unspecified atom stereocenters. The molecule has 2 rings (SSSR count). The number of primary amides is 1. The van der Waals surface area contributed by atoms with Crippen molar-refractivity contribution in [1.29, 1.82) is 0 Å². The Balaban J connectivity index is 2.54. The molecule has 0 aliphatic rings. The van der Waals surface area contributed by atoms with Gasteiger partial charge in [-0.25, -0.2) is 13.2 Å². The average molecular weight is 304 g/mol. The largest absolute Gasteiger partial charge is 0.350 e. The van der Waals surface area contributed by atoms with Gasteiger partial charge >= 0.3 is 6.03 Å². The van der Waals surface area contributed by atoms with Crippen LogP contribution in [0, 0.1) is 13.8 Å². The Bertz CT molecular complexity index is 751. The van der Waals surface area contributed by atoms with Crippen LogP contribution in [-0.4, -0.2) is 14.4 Å². The second-order valence-corrected chi connectivity index (χ2v) is 6.54. The summed E-state index contributed by atoms with van der Waals surface area (Å²) in [7, 11) is -4.02. The molecule has 2 aromatic rings. The molecule has 0 heterocycles. The highest BCUT2D eigenvalue weighted by Crippen LogP contribution is 2.24. The summed E-state index contributed by atoms with van der Waals surface area (Å²) in [6, 6.07) is 11.7. The van der Waals surface area contributed by atoms with E-state index in [2.05, 4.69) is 0 Å². The molecule has 2 aromatic carbocycles. The molecule has 21 heavy (non-hydrogen) atoms. The number of amides is 2. The first-order valence-electron chi connectivity index (χ1n) is 6.30. The lowest BCUT2D eigenvalue weighted by atomic mass is 10.2. The van der Waals surface area contributed by atoms with E-state index < -0.39 is 16.1 Å². The highest BCUT2D eigenvalue weighted by Gasteiger charge is 2.29. The van der Waals surface area contributed by atoms with Gasteiger partial charge < -0.3 is 5.73 Å². The molecular formula is C15H16N2O3S. The Morgan fingerprint density at radius 3 is 1.76 bits per heavy atom. The van der Waals surface area contributed by atoms with E-state index in [9.17, 15) is 13.2 Å². The molecule has 0 aliphatic carbocycles. The minimum atomic E-state index is -4.02. The number of anilines is 1. The van der Waals surface area contributed by atoms with Crippen LogP contribution in [-0.2, 0) is 10.0 Å². The summed E-state index contributed by atoms with van der Waals surface area (Å²) in [6.45, 7) is 3.72. The van der Waals surface area contributed by atoms with Gasteiger partial charge in [0.25, 0.3) is 10.0 Å². The van der Waals surface area contributed by atoms with E-state index in [1.54, 1.807) is 36.4 Å². The van der Waals surface area contributed by atoms with Crippen molar-refractivity contribution in [1.82, 2.24) is 0 Å². The molecule has 110 valence electrons. The number of hydrogen-bond donors (Lipinski definition) is 1. The molecule has 6 heteroatoms. The summed E-state index contributed by atoms with van der Waals surface area (Å²) in [4.78, 5) is 11.7. The first kappa shape index (κ1) is 15.1. The van der Waals surface area contributed by atoms with Crippen molar-refractivity contribution >= 4 is 21.7 Å². The van der Waals surface area contributed by atoms with E-state index in [0.717, 1.165) is 11.1 Å². The Kier molecular flexibility index (Phi) is 3.99. The topological polar surface area (TPSA) is 80.5 Å². The average Bonchev–Trinajstić information content (AvgIpc) is 2.41. The zero-order chi connectivity index (χ0) is 15.6. The zero-order valence-corrected chi connectivity index (χ0v) is 12.6. The van der Waals surface area contributed by atoms with Crippen molar-refractivity contribution in [3.8, 4) is 0 Å². The number of hydrogen-bond acceptors (Lipinski definition) is 3. The van der Waals surface area contributed by atoms with Gasteiger partial charge in [-0.2, -0.15) is 4.31 Å². The lowest BCUT2D eigenvalue weighted by Crippen LogP contribution is -2.40. The number of sulfonamides is 1. The van der Waals surface area contributed by atoms with E-state index in [0.29, 0.717) is 4.31 Å². The van der Waals surface area contributed by atoms with Crippen LogP contribution in [0.4, 0.5) is 10.5 Å². The first-order valence-corrected chi connectivity index (χ1v) is 7.74. The maximum Gasteiger partial charge on any atom is 0.333 e. The van der Waals surface area contributed by atoms with Gasteiger partial charge in [0.15, 0.2) is 0 Å². The number of carbonyl (C=O) groups is 1. The molecule has 0 spiro atoms. The fourth-order valence-corrected chi connectivity index (χ4v) is 3.21. The molecule has 0 saturated heterocycles. The van der Waals surface area contributed by atoms with Gasteiger partial charge in [0.05, 0.1) is 10.6 Å². The molecule has 0 bridgehead atoms. The maximum absolute atomic E-state index is 12.6. The predicted molar refractivity (Wildman–Crippen MR) is 81.6 cm³/mol. The van der Waals surface area contributed by atoms with E-state index >= 15 is 0 Å². The Hall–Kier alpha value is -2.34. The second-order valence-electron chi connectivity index (χ2n) is 4.76. The summed E-state index contributed by atoms with van der Waals surface area (Å²) in [5.74, 6) is 0. The first-order chi connectivity index (χ1) is 9.82. The summed E-state index contributed by atoms with van der Waals surface area (Å²) in [5.41, 5.74) is 7.36. The molecule has 2 N–H and O–H groups in total. The van der Waals surface area contributed by atoms with Crippen molar-refractivity contribution in [2.24, 2.45) is 5.73 Å². The molecule has 0 fully saturated rings. The van der Waals surface area contributed by atoms with Crippen LogP contribution in [0.2, 0.25) is 0 Å². The van der Waals surface area contributed by atoms with Gasteiger partial charge in [-0.1, -0.05) is 35.4 Å². The highest BCUT2D eigenvalue weighted by molar-refractivity contribution is 7.93. The van der Waals surface area contributed by atoms with Crippen molar-refractivity contribution in [2.45, 2.75) is 18.7 Å². The van der Waals surface area contributed by atoms with Crippen LogP contribution in [0.3, 0.4) is 0 Å². The molecular weight excluding hydrogens is 288 g/mol. The van der Waals surface area contributed by atoms with E-state index in [4.69, 9.17) is 5.73 Å². The van der Waals surface area contributed by atoms with Gasteiger partial charge in [0.2, 0.25) is 0 Å². The number of benzene rings is 2. The maximum atomic E-state index is 12.6. The number of aryl methyl sites for hydroxylation is 2. The number of nitrogens with two attached hydrogens (primary N) is 1. The lowest BCUT2D eigenvalue weighted by Gasteiger charge is -2.20. The van der Waals surface area contributed by atoms with E-state index in [-0.39, 0.29) is 10.6 Å². The van der Waals surface area contributed by atoms with Crippen molar-refractivity contribution in [3.63, 3.8) is 0 Å². The lowest BCUT2D eigenvalue weighted by molar-refractivity contribution is 0.257. The molecule has 5 nitrogen and oxygen atoms in total. The van der Waals surface area contributed by atoms with Gasteiger partial charge in [-0.15, -0.1) is 0 Å². The Morgan fingerprint density at radius 1 is 0.905 bits per heavy atom. The molecule has 0 atom stereocenters. The smallest absolute Gasteiger partial charge is 0.333 e. The van der Waals surface area contributed by atoms with Crippen LogP contribution in [0.25, 0.3) is 0 Å². The summed E-state index contributed by atoms with van der Waals surface area (Å²) in [5, 5.41) is 0. The van der Waals surface area contributed by atoms with Gasteiger partial charge in [0, 0.05) is 0 Å². The predicted octanol–water partition coefficient (Wildman–Crippen LogP) is 2.58. The Morgan fingerprint density at radius 2 is 1.33 bits per heavy atom. The zero-order valence-electron chi connectivity index (χ0n) is 11.8. The molecule has 0 radical (unpaired) electrons. The fourth-order valence-electron chi connectivity index (χ4n) is 1.88. The minimum absolute atomic E-state index is 0.0208. The van der Waals surface area contributed by atoms with Gasteiger partial charge in [-0.05, 0) is 38.1 Å². The molecule has 0 saturated carbocycles. The molecule has 0 aromatic heterocycles. The van der Waals surface area contributed by atoms with Crippen LogP contribution in [0.5, 0.6) is 0 Å². The summed E-state index contributed by atoms with van der Waals surface area (Å²) in [6.07, 6.45) is 0. The normalized spacial score (nSPS) is 11.1. The third-order valence-electron chi connectivity index (χ3n) is 3.03. The standard InChI is InChI=1S/C15H16N2O3S/c1-11-3-7-13(8-4-11)17(15(16)18)21(19,20)14-9-5-12(2)6-10-14/h3-10H,1-2H3,(H2,16,18). The molecule has 0 aliphatic heterocycles.